The maximum Gasteiger partial charge on any atom is 0.311 e. The fourth-order valence-corrected chi connectivity index (χ4v) is 2.57. The van der Waals surface area contributed by atoms with Gasteiger partial charge in [0.2, 0.25) is 0 Å². The second-order valence-electron chi connectivity index (χ2n) is 4.98. The molecule has 0 amide bonds. The van der Waals surface area contributed by atoms with Crippen LogP contribution in [0.15, 0.2) is 18.2 Å². The molecule has 1 fully saturated rings. The van der Waals surface area contributed by atoms with E-state index in [0.717, 1.165) is 31.6 Å². The molecule has 1 saturated heterocycles. The van der Waals surface area contributed by atoms with Gasteiger partial charge in [-0.3, -0.25) is 10.1 Å². The Kier molecular flexibility index (Phi) is 4.79. The molecular weight excluding hydrogens is 260 g/mol. The fraction of sp³-hybridized carbons (Fsp3) is 0.571. The van der Waals surface area contributed by atoms with E-state index in [-0.39, 0.29) is 18.2 Å². The number of ether oxygens (including phenoxy) is 1. The van der Waals surface area contributed by atoms with Gasteiger partial charge in [0.05, 0.1) is 11.5 Å². The highest BCUT2D eigenvalue weighted by molar-refractivity contribution is 5.59. The van der Waals surface area contributed by atoms with Crippen LogP contribution in [-0.2, 0) is 0 Å². The van der Waals surface area contributed by atoms with E-state index >= 15 is 0 Å². The lowest BCUT2D eigenvalue weighted by Crippen LogP contribution is -2.36. The molecule has 1 aromatic carbocycles. The third-order valence-electron chi connectivity index (χ3n) is 3.58. The van der Waals surface area contributed by atoms with E-state index < -0.39 is 4.92 Å². The van der Waals surface area contributed by atoms with Crippen molar-refractivity contribution in [2.24, 2.45) is 5.92 Å². The predicted octanol–water partition coefficient (Wildman–Crippen LogP) is 2.20. The third kappa shape index (κ3) is 3.19. The number of benzene rings is 1. The molecule has 1 aliphatic rings. The van der Waals surface area contributed by atoms with Gasteiger partial charge in [-0.2, -0.15) is 0 Å². The summed E-state index contributed by atoms with van der Waals surface area (Å²) >= 11 is 0. The molecule has 0 bridgehead atoms. The van der Waals surface area contributed by atoms with Crippen molar-refractivity contribution in [2.75, 3.05) is 31.2 Å². The van der Waals surface area contributed by atoms with Crippen LogP contribution in [0, 0.1) is 16.0 Å². The van der Waals surface area contributed by atoms with Crippen LogP contribution in [0.1, 0.15) is 19.8 Å². The quantitative estimate of drug-likeness (QED) is 0.661. The van der Waals surface area contributed by atoms with Crippen LogP contribution in [0.4, 0.5) is 11.4 Å². The molecule has 20 heavy (non-hydrogen) atoms. The highest BCUT2D eigenvalue weighted by Crippen LogP contribution is 2.33. The maximum atomic E-state index is 11.0. The summed E-state index contributed by atoms with van der Waals surface area (Å²) < 4.78 is 5.37. The van der Waals surface area contributed by atoms with Crippen molar-refractivity contribution >= 4 is 11.4 Å². The van der Waals surface area contributed by atoms with E-state index in [0.29, 0.717) is 12.4 Å². The van der Waals surface area contributed by atoms with Gasteiger partial charge in [0.15, 0.2) is 5.75 Å². The first-order valence-electron chi connectivity index (χ1n) is 6.92. The van der Waals surface area contributed by atoms with Gasteiger partial charge >= 0.3 is 5.69 Å². The number of piperidine rings is 1. The zero-order valence-corrected chi connectivity index (χ0v) is 11.6. The third-order valence-corrected chi connectivity index (χ3v) is 3.58. The molecule has 0 aromatic heterocycles. The smallest absolute Gasteiger partial charge is 0.311 e. The molecule has 110 valence electrons. The Balaban J connectivity index is 2.23. The Morgan fingerprint density at radius 3 is 3.00 bits per heavy atom. The van der Waals surface area contributed by atoms with Crippen molar-refractivity contribution in [2.45, 2.75) is 19.8 Å². The maximum absolute atomic E-state index is 11.0. The van der Waals surface area contributed by atoms with Crippen molar-refractivity contribution in [3.8, 4) is 5.75 Å². The zero-order valence-electron chi connectivity index (χ0n) is 11.6. The van der Waals surface area contributed by atoms with Gasteiger partial charge in [-0.25, -0.2) is 0 Å². The topological polar surface area (TPSA) is 75.8 Å². The lowest BCUT2D eigenvalue weighted by atomic mass is 9.98. The molecule has 1 unspecified atom stereocenters. The predicted molar refractivity (Wildman–Crippen MR) is 76.3 cm³/mol. The van der Waals surface area contributed by atoms with Crippen LogP contribution in [0.2, 0.25) is 0 Å². The van der Waals surface area contributed by atoms with Crippen LogP contribution < -0.4 is 9.64 Å². The number of hydrogen-bond acceptors (Lipinski definition) is 5. The first kappa shape index (κ1) is 14.6. The summed E-state index contributed by atoms with van der Waals surface area (Å²) in [4.78, 5) is 12.7. The monoisotopic (exact) mass is 280 g/mol. The largest absolute Gasteiger partial charge is 0.487 e. The van der Waals surface area contributed by atoms with Crippen LogP contribution >= 0.6 is 0 Å². The second kappa shape index (κ2) is 6.56. The highest BCUT2D eigenvalue weighted by Gasteiger charge is 2.22. The Bertz CT molecular complexity index is 478. The van der Waals surface area contributed by atoms with Crippen molar-refractivity contribution in [3.05, 3.63) is 28.3 Å². The van der Waals surface area contributed by atoms with Crippen LogP contribution in [-0.4, -0.2) is 36.3 Å². The molecular formula is C14H20N2O4. The van der Waals surface area contributed by atoms with Crippen LogP contribution in [0.3, 0.4) is 0 Å². The number of nitrogens with zero attached hydrogens (tertiary/aromatic N) is 2. The normalized spacial score (nSPS) is 18.9. The summed E-state index contributed by atoms with van der Waals surface area (Å²) in [6.45, 7) is 4.06. The summed E-state index contributed by atoms with van der Waals surface area (Å²) in [5.41, 5.74) is 0.906. The molecule has 1 aromatic rings. The lowest BCUT2D eigenvalue weighted by molar-refractivity contribution is -0.385. The number of nitro benzene ring substituents is 1. The fourth-order valence-electron chi connectivity index (χ4n) is 2.57. The molecule has 0 spiro atoms. The summed E-state index contributed by atoms with van der Waals surface area (Å²) in [7, 11) is 0. The van der Waals surface area contributed by atoms with Crippen LogP contribution in [0.5, 0.6) is 5.75 Å². The van der Waals surface area contributed by atoms with E-state index in [9.17, 15) is 15.2 Å². The molecule has 1 atom stereocenters. The summed E-state index contributed by atoms with van der Waals surface area (Å²) in [6.07, 6.45) is 2.05. The van der Waals surface area contributed by atoms with Crippen molar-refractivity contribution < 1.29 is 14.8 Å². The van der Waals surface area contributed by atoms with Gasteiger partial charge in [0.25, 0.3) is 0 Å². The number of rotatable bonds is 5. The molecule has 0 saturated carbocycles. The minimum absolute atomic E-state index is 0.00804. The first-order valence-corrected chi connectivity index (χ1v) is 6.92. The van der Waals surface area contributed by atoms with Crippen molar-refractivity contribution in [1.82, 2.24) is 0 Å². The van der Waals surface area contributed by atoms with Gasteiger partial charge in [-0.15, -0.1) is 0 Å². The number of nitro groups is 1. The van der Waals surface area contributed by atoms with Gasteiger partial charge in [-0.05, 0) is 31.7 Å². The number of anilines is 1. The number of aliphatic hydroxyl groups excluding tert-OH is 1. The average Bonchev–Trinajstić information content (AvgIpc) is 2.47. The Morgan fingerprint density at radius 1 is 1.55 bits per heavy atom. The van der Waals surface area contributed by atoms with Crippen molar-refractivity contribution in [1.29, 1.82) is 0 Å². The molecule has 1 heterocycles. The lowest BCUT2D eigenvalue weighted by Gasteiger charge is -2.33. The Labute approximate surface area is 118 Å². The summed E-state index contributed by atoms with van der Waals surface area (Å²) in [5, 5.41) is 20.2. The minimum Gasteiger partial charge on any atom is -0.487 e. The standard InChI is InChI=1S/C14H20N2O4/c1-2-20-14-8-12(5-6-13(14)16(18)19)15-7-3-4-11(9-15)10-17/h5-6,8,11,17H,2-4,7,9-10H2,1H3. The first-order chi connectivity index (χ1) is 9.65. The van der Waals surface area contributed by atoms with E-state index in [2.05, 4.69) is 4.90 Å². The average molecular weight is 280 g/mol. The van der Waals surface area contributed by atoms with E-state index in [1.165, 1.54) is 6.07 Å². The van der Waals surface area contributed by atoms with Crippen LogP contribution in [0.25, 0.3) is 0 Å². The minimum atomic E-state index is -0.429. The second-order valence-corrected chi connectivity index (χ2v) is 4.98. The van der Waals surface area contributed by atoms with Gasteiger partial charge in [0.1, 0.15) is 0 Å². The Morgan fingerprint density at radius 2 is 2.35 bits per heavy atom. The molecule has 1 N–H and O–H groups in total. The molecule has 6 heteroatoms. The zero-order chi connectivity index (χ0) is 14.5. The SMILES string of the molecule is CCOc1cc(N2CCCC(CO)C2)ccc1[N+](=O)[O-]. The molecule has 0 radical (unpaired) electrons. The molecule has 0 aliphatic carbocycles. The van der Waals surface area contributed by atoms with E-state index in [1.54, 1.807) is 19.1 Å². The number of aliphatic hydroxyl groups is 1. The Hall–Kier alpha value is -1.82. The van der Waals surface area contributed by atoms with E-state index in [4.69, 9.17) is 4.74 Å². The van der Waals surface area contributed by atoms with E-state index in [1.807, 2.05) is 0 Å². The summed E-state index contributed by atoms with van der Waals surface area (Å²) in [5.74, 6) is 0.579. The van der Waals surface area contributed by atoms with Gasteiger partial charge in [-0.1, -0.05) is 0 Å². The highest BCUT2D eigenvalue weighted by atomic mass is 16.6. The number of hydrogen-bond donors (Lipinski definition) is 1. The molecule has 1 aliphatic heterocycles. The van der Waals surface area contributed by atoms with Gasteiger partial charge in [0, 0.05) is 37.5 Å². The molecule has 2 rings (SSSR count). The summed E-state index contributed by atoms with van der Waals surface area (Å²) in [6, 6.07) is 4.96. The molecule has 6 nitrogen and oxygen atoms in total. The van der Waals surface area contributed by atoms with Gasteiger partial charge < -0.3 is 14.7 Å². The van der Waals surface area contributed by atoms with Crippen molar-refractivity contribution in [3.63, 3.8) is 0 Å².